The van der Waals surface area contributed by atoms with Gasteiger partial charge in [-0.1, -0.05) is 0 Å². The number of carboxylic acids is 1. The fourth-order valence-electron chi connectivity index (χ4n) is 1.17. The fraction of sp³-hybridized carbons (Fsp3) is 0.182. The van der Waals surface area contributed by atoms with Crippen LogP contribution in [0, 0.1) is 11.3 Å². The van der Waals surface area contributed by atoms with Crippen molar-refractivity contribution in [2.24, 2.45) is 0 Å². The van der Waals surface area contributed by atoms with Crippen LogP contribution < -0.4 is 5.32 Å². The Morgan fingerprint density at radius 2 is 2.22 bits per heavy atom. The maximum atomic E-state index is 11.6. The van der Waals surface area contributed by atoms with E-state index in [9.17, 15) is 9.59 Å². The van der Waals surface area contributed by atoms with Gasteiger partial charge in [-0.15, -0.1) is 0 Å². The van der Waals surface area contributed by atoms with E-state index >= 15 is 0 Å². The molecule has 0 aliphatic carbocycles. The lowest BCUT2D eigenvalue weighted by atomic mass is 10.2. The van der Waals surface area contributed by atoms with E-state index in [1.165, 1.54) is 7.05 Å². The van der Waals surface area contributed by atoms with Crippen LogP contribution in [0.1, 0.15) is 5.56 Å². The van der Waals surface area contributed by atoms with E-state index in [0.29, 0.717) is 15.7 Å². The van der Waals surface area contributed by atoms with E-state index in [1.807, 2.05) is 6.07 Å². The number of carbonyl (C=O) groups excluding carboxylic acids is 1. The molecular weight excluding hydrogens is 302 g/mol. The van der Waals surface area contributed by atoms with Crippen LogP contribution >= 0.6 is 15.9 Å². The molecule has 6 nitrogen and oxygen atoms in total. The number of halogens is 1. The van der Waals surface area contributed by atoms with Crippen molar-refractivity contribution in [3.05, 3.63) is 28.2 Å². The number of anilines is 1. The van der Waals surface area contributed by atoms with Gasteiger partial charge in [-0.25, -0.2) is 4.79 Å². The van der Waals surface area contributed by atoms with E-state index in [2.05, 4.69) is 21.2 Å². The Bertz CT molecular complexity index is 525. The number of aliphatic carboxylic acids is 1. The molecule has 18 heavy (non-hydrogen) atoms. The van der Waals surface area contributed by atoms with Gasteiger partial charge in [0.1, 0.15) is 6.54 Å². The molecular formula is C11H10BrN3O3. The number of carboxylic acid groups (broad SMARTS) is 1. The van der Waals surface area contributed by atoms with E-state index in [1.54, 1.807) is 18.2 Å². The highest BCUT2D eigenvalue weighted by molar-refractivity contribution is 9.10. The van der Waals surface area contributed by atoms with Gasteiger partial charge in [-0.05, 0) is 34.1 Å². The molecule has 1 rings (SSSR count). The van der Waals surface area contributed by atoms with E-state index < -0.39 is 12.0 Å². The van der Waals surface area contributed by atoms with Crippen LogP contribution in [0.25, 0.3) is 0 Å². The van der Waals surface area contributed by atoms with E-state index in [0.717, 1.165) is 4.90 Å². The third-order valence-corrected chi connectivity index (χ3v) is 2.72. The molecule has 0 spiro atoms. The summed E-state index contributed by atoms with van der Waals surface area (Å²) in [5, 5.41) is 19.8. The van der Waals surface area contributed by atoms with Gasteiger partial charge in [0.05, 0.1) is 17.3 Å². The van der Waals surface area contributed by atoms with Crippen molar-refractivity contribution >= 4 is 33.6 Å². The van der Waals surface area contributed by atoms with Gasteiger partial charge in [0.25, 0.3) is 0 Å². The zero-order valence-corrected chi connectivity index (χ0v) is 11.1. The summed E-state index contributed by atoms with van der Waals surface area (Å²) in [7, 11) is 1.38. The maximum absolute atomic E-state index is 11.6. The lowest BCUT2D eigenvalue weighted by Crippen LogP contribution is -2.35. The molecule has 0 saturated carbocycles. The van der Waals surface area contributed by atoms with Crippen LogP contribution in [0.15, 0.2) is 22.7 Å². The molecule has 0 radical (unpaired) electrons. The number of nitrogens with one attached hydrogen (secondary N) is 1. The Balaban J connectivity index is 2.76. The van der Waals surface area contributed by atoms with Gasteiger partial charge in [0.2, 0.25) is 0 Å². The number of nitrogens with zero attached hydrogens (tertiary/aromatic N) is 2. The Kier molecular flexibility index (Phi) is 4.68. The van der Waals surface area contributed by atoms with Gasteiger partial charge in [-0.3, -0.25) is 4.79 Å². The predicted molar refractivity (Wildman–Crippen MR) is 68.1 cm³/mol. The lowest BCUT2D eigenvalue weighted by molar-refractivity contribution is -0.137. The number of hydrogen-bond acceptors (Lipinski definition) is 3. The summed E-state index contributed by atoms with van der Waals surface area (Å²) >= 11 is 3.22. The van der Waals surface area contributed by atoms with Gasteiger partial charge < -0.3 is 15.3 Å². The summed E-state index contributed by atoms with van der Waals surface area (Å²) in [5.41, 5.74) is 0.926. The van der Waals surface area contributed by atoms with Crippen molar-refractivity contribution in [3.8, 4) is 6.07 Å². The summed E-state index contributed by atoms with van der Waals surface area (Å²) in [5.74, 6) is -1.09. The first kappa shape index (κ1) is 14.0. The minimum Gasteiger partial charge on any atom is -0.480 e. The van der Waals surface area contributed by atoms with Crippen molar-refractivity contribution in [2.75, 3.05) is 18.9 Å². The normalized spacial score (nSPS) is 9.39. The Labute approximate surface area is 112 Å². The van der Waals surface area contributed by atoms with Crippen LogP contribution in [-0.4, -0.2) is 35.6 Å². The molecule has 0 bridgehead atoms. The monoisotopic (exact) mass is 311 g/mol. The first-order valence-corrected chi connectivity index (χ1v) is 5.67. The highest BCUT2D eigenvalue weighted by Gasteiger charge is 2.13. The molecule has 0 atom stereocenters. The second-order valence-corrected chi connectivity index (χ2v) is 4.34. The maximum Gasteiger partial charge on any atom is 0.323 e. The summed E-state index contributed by atoms with van der Waals surface area (Å²) in [4.78, 5) is 23.1. The Morgan fingerprint density at radius 1 is 1.56 bits per heavy atom. The van der Waals surface area contributed by atoms with Crippen LogP contribution in [0.4, 0.5) is 10.5 Å². The number of benzene rings is 1. The van der Waals surface area contributed by atoms with Gasteiger partial charge in [0, 0.05) is 11.5 Å². The second-order valence-electron chi connectivity index (χ2n) is 3.49. The molecule has 1 aromatic carbocycles. The number of amides is 2. The summed E-state index contributed by atoms with van der Waals surface area (Å²) in [6.45, 7) is -0.389. The van der Waals surface area contributed by atoms with E-state index in [-0.39, 0.29) is 6.54 Å². The standard InChI is InChI=1S/C11H10BrN3O3/c1-15(6-10(16)17)11(18)14-9-3-2-7(5-13)4-8(9)12/h2-4H,6H2,1H3,(H,14,18)(H,16,17). The first-order valence-electron chi connectivity index (χ1n) is 4.87. The largest absolute Gasteiger partial charge is 0.480 e. The third kappa shape index (κ3) is 3.75. The lowest BCUT2D eigenvalue weighted by Gasteiger charge is -2.16. The molecule has 0 heterocycles. The number of urea groups is 1. The minimum atomic E-state index is -1.09. The molecule has 1 aromatic rings. The van der Waals surface area contributed by atoms with E-state index in [4.69, 9.17) is 10.4 Å². The number of rotatable bonds is 3. The molecule has 0 unspecified atom stereocenters. The summed E-state index contributed by atoms with van der Waals surface area (Å²) < 4.78 is 0.554. The molecule has 0 aliphatic heterocycles. The molecule has 7 heteroatoms. The third-order valence-electron chi connectivity index (χ3n) is 2.06. The molecule has 0 saturated heterocycles. The Morgan fingerprint density at radius 3 is 2.72 bits per heavy atom. The Hall–Kier alpha value is -2.07. The highest BCUT2D eigenvalue weighted by Crippen LogP contribution is 2.23. The van der Waals surface area contributed by atoms with Crippen LogP contribution in [0.3, 0.4) is 0 Å². The molecule has 2 amide bonds. The smallest absolute Gasteiger partial charge is 0.323 e. The molecule has 94 valence electrons. The molecule has 0 aliphatic rings. The van der Waals surface area contributed by atoms with Gasteiger partial charge in [0.15, 0.2) is 0 Å². The van der Waals surface area contributed by atoms with Crippen molar-refractivity contribution in [1.29, 1.82) is 5.26 Å². The van der Waals surface area contributed by atoms with Gasteiger partial charge >= 0.3 is 12.0 Å². The zero-order chi connectivity index (χ0) is 13.7. The number of likely N-dealkylation sites (N-methyl/N-ethyl adjacent to an activating group) is 1. The second kappa shape index (κ2) is 6.02. The minimum absolute atomic E-state index is 0.389. The summed E-state index contributed by atoms with van der Waals surface area (Å²) in [6.07, 6.45) is 0. The van der Waals surface area contributed by atoms with Crippen molar-refractivity contribution in [1.82, 2.24) is 4.90 Å². The topological polar surface area (TPSA) is 93.4 Å². The molecule has 2 N–H and O–H groups in total. The zero-order valence-electron chi connectivity index (χ0n) is 9.48. The molecule has 0 fully saturated rings. The van der Waals surface area contributed by atoms with Crippen LogP contribution in [0.2, 0.25) is 0 Å². The van der Waals surface area contributed by atoms with Crippen molar-refractivity contribution in [3.63, 3.8) is 0 Å². The van der Waals surface area contributed by atoms with Crippen LogP contribution in [-0.2, 0) is 4.79 Å². The van der Waals surface area contributed by atoms with Crippen molar-refractivity contribution < 1.29 is 14.7 Å². The predicted octanol–water partition coefficient (Wildman–Crippen LogP) is 1.87. The first-order chi connectivity index (χ1) is 8.43. The van der Waals surface area contributed by atoms with Gasteiger partial charge in [-0.2, -0.15) is 5.26 Å². The summed E-state index contributed by atoms with van der Waals surface area (Å²) in [6, 6.07) is 6.11. The van der Waals surface area contributed by atoms with Crippen LogP contribution in [0.5, 0.6) is 0 Å². The SMILES string of the molecule is CN(CC(=O)O)C(=O)Nc1ccc(C#N)cc1Br. The average Bonchev–Trinajstić information content (AvgIpc) is 2.30. The fourth-order valence-corrected chi connectivity index (χ4v) is 1.65. The van der Waals surface area contributed by atoms with Crippen molar-refractivity contribution in [2.45, 2.75) is 0 Å². The number of carbonyl (C=O) groups is 2. The average molecular weight is 312 g/mol. The highest BCUT2D eigenvalue weighted by atomic mass is 79.9. The number of hydrogen-bond donors (Lipinski definition) is 2. The quantitative estimate of drug-likeness (QED) is 0.891. The molecule has 0 aromatic heterocycles. The number of nitriles is 1.